The molecule has 2 heterocycles. The molecule has 0 atom stereocenters. The lowest BCUT2D eigenvalue weighted by atomic mass is 10.1. The van der Waals surface area contributed by atoms with E-state index in [4.69, 9.17) is 4.42 Å². The van der Waals surface area contributed by atoms with Crippen molar-refractivity contribution < 1.29 is 14.0 Å². The molecule has 0 spiro atoms. The third-order valence-corrected chi connectivity index (χ3v) is 4.48. The molecule has 8 heteroatoms. The smallest absolute Gasteiger partial charge is 0.234 e. The Morgan fingerprint density at radius 1 is 1.24 bits per heavy atom. The van der Waals surface area contributed by atoms with Gasteiger partial charge in [-0.3, -0.25) is 9.59 Å². The molecule has 7 nitrogen and oxygen atoms in total. The number of aromatic nitrogens is 3. The highest BCUT2D eigenvalue weighted by atomic mass is 32.2. The number of furan rings is 1. The van der Waals surface area contributed by atoms with Gasteiger partial charge in [-0.15, -0.1) is 10.2 Å². The van der Waals surface area contributed by atoms with Crippen molar-refractivity contribution in [2.24, 2.45) is 7.05 Å². The van der Waals surface area contributed by atoms with Crippen LogP contribution >= 0.6 is 11.8 Å². The Balaban J connectivity index is 1.61. The molecule has 0 fully saturated rings. The summed E-state index contributed by atoms with van der Waals surface area (Å²) in [7, 11) is 1.81. The maximum absolute atomic E-state index is 12.1. The predicted octanol–water partition coefficient (Wildman–Crippen LogP) is 3.01. The Morgan fingerprint density at radius 2 is 2.08 bits per heavy atom. The third kappa shape index (κ3) is 3.97. The van der Waals surface area contributed by atoms with Crippen molar-refractivity contribution in [2.45, 2.75) is 12.1 Å². The molecule has 0 saturated carbocycles. The van der Waals surface area contributed by atoms with Gasteiger partial charge >= 0.3 is 0 Å². The van der Waals surface area contributed by atoms with Crippen LogP contribution in [0.2, 0.25) is 0 Å². The second-order valence-corrected chi connectivity index (χ2v) is 6.26. The minimum atomic E-state index is -0.187. The quantitative estimate of drug-likeness (QED) is 0.539. The number of amides is 1. The second kappa shape index (κ2) is 7.35. The van der Waals surface area contributed by atoms with Crippen molar-refractivity contribution in [1.29, 1.82) is 0 Å². The highest BCUT2D eigenvalue weighted by Gasteiger charge is 2.14. The van der Waals surface area contributed by atoms with Crippen molar-refractivity contribution >= 4 is 29.1 Å². The molecule has 3 aromatic rings. The number of thioether (sulfide) groups is 1. The van der Waals surface area contributed by atoms with Crippen molar-refractivity contribution in [1.82, 2.24) is 14.8 Å². The zero-order chi connectivity index (χ0) is 17.8. The Bertz CT molecular complexity index is 903. The number of anilines is 1. The van der Waals surface area contributed by atoms with Crippen molar-refractivity contribution in [2.75, 3.05) is 11.1 Å². The molecule has 1 aromatic carbocycles. The molecule has 1 N–H and O–H groups in total. The zero-order valence-electron chi connectivity index (χ0n) is 13.7. The lowest BCUT2D eigenvalue weighted by Gasteiger charge is -2.06. The minimum Gasteiger partial charge on any atom is -0.461 e. The van der Waals surface area contributed by atoms with Gasteiger partial charge in [0.2, 0.25) is 5.91 Å². The number of carbonyl (C=O) groups is 2. The van der Waals surface area contributed by atoms with Crippen molar-refractivity contribution in [3.63, 3.8) is 0 Å². The molecule has 1 amide bonds. The summed E-state index contributed by atoms with van der Waals surface area (Å²) >= 11 is 1.27. The van der Waals surface area contributed by atoms with Crippen molar-refractivity contribution in [3.05, 3.63) is 48.2 Å². The monoisotopic (exact) mass is 356 g/mol. The fraction of sp³-hybridized carbons (Fsp3) is 0.176. The third-order valence-electron chi connectivity index (χ3n) is 3.46. The van der Waals surface area contributed by atoms with Gasteiger partial charge in [0.15, 0.2) is 22.5 Å². The van der Waals surface area contributed by atoms with Crippen LogP contribution in [0, 0.1) is 0 Å². The standard InChI is InChI=1S/C17H16N4O3S/c1-11(22)12-5-3-6-13(9-12)18-15(23)10-25-17-20-19-16(21(17)2)14-7-4-8-24-14/h3-9H,10H2,1-2H3,(H,18,23). The molecule has 0 aliphatic rings. The van der Waals surface area contributed by atoms with E-state index < -0.39 is 0 Å². The molecule has 0 saturated heterocycles. The summed E-state index contributed by atoms with van der Waals surface area (Å²) in [5.41, 5.74) is 1.15. The summed E-state index contributed by atoms with van der Waals surface area (Å²) in [6.07, 6.45) is 1.57. The van der Waals surface area contributed by atoms with Crippen LogP contribution in [0.15, 0.2) is 52.2 Å². The fourth-order valence-electron chi connectivity index (χ4n) is 2.20. The first-order valence-corrected chi connectivity index (χ1v) is 8.50. The van der Waals surface area contributed by atoms with Crippen LogP contribution in [0.5, 0.6) is 0 Å². The average Bonchev–Trinajstić information content (AvgIpc) is 3.23. The summed E-state index contributed by atoms with van der Waals surface area (Å²) in [4.78, 5) is 23.5. The molecular weight excluding hydrogens is 340 g/mol. The molecule has 0 bridgehead atoms. The maximum atomic E-state index is 12.1. The highest BCUT2D eigenvalue weighted by Crippen LogP contribution is 2.23. The maximum Gasteiger partial charge on any atom is 0.234 e. The first-order valence-electron chi connectivity index (χ1n) is 7.51. The summed E-state index contributed by atoms with van der Waals surface area (Å²) < 4.78 is 7.08. The van der Waals surface area contributed by atoms with E-state index in [0.29, 0.717) is 28.0 Å². The first kappa shape index (κ1) is 17.0. The molecule has 0 aliphatic heterocycles. The van der Waals surface area contributed by atoms with E-state index in [0.717, 1.165) is 0 Å². The number of nitrogens with zero attached hydrogens (tertiary/aromatic N) is 3. The van der Waals surface area contributed by atoms with E-state index >= 15 is 0 Å². The van der Waals surface area contributed by atoms with Gasteiger partial charge in [-0.1, -0.05) is 23.9 Å². The highest BCUT2D eigenvalue weighted by molar-refractivity contribution is 7.99. The number of benzene rings is 1. The summed E-state index contributed by atoms with van der Waals surface area (Å²) in [5, 5.41) is 11.5. The van der Waals surface area contributed by atoms with Gasteiger partial charge in [0.05, 0.1) is 12.0 Å². The molecule has 2 aromatic heterocycles. The number of hydrogen-bond acceptors (Lipinski definition) is 6. The van der Waals surface area contributed by atoms with Crippen LogP contribution in [-0.4, -0.2) is 32.2 Å². The van der Waals surface area contributed by atoms with Crippen LogP contribution in [0.4, 0.5) is 5.69 Å². The second-order valence-electron chi connectivity index (χ2n) is 5.32. The summed E-state index contributed by atoms with van der Waals surface area (Å²) in [6, 6.07) is 10.4. The van der Waals surface area contributed by atoms with E-state index in [-0.39, 0.29) is 17.4 Å². The lowest BCUT2D eigenvalue weighted by molar-refractivity contribution is -0.113. The molecule has 0 radical (unpaired) electrons. The predicted molar refractivity (Wildman–Crippen MR) is 94.5 cm³/mol. The molecular formula is C17H16N4O3S. The molecule has 128 valence electrons. The van der Waals surface area contributed by atoms with Gasteiger partial charge in [-0.25, -0.2) is 0 Å². The average molecular weight is 356 g/mol. The normalized spacial score (nSPS) is 10.6. The topological polar surface area (TPSA) is 90.0 Å². The largest absolute Gasteiger partial charge is 0.461 e. The molecule has 0 unspecified atom stereocenters. The van der Waals surface area contributed by atoms with E-state index in [1.165, 1.54) is 18.7 Å². The number of ketones is 1. The SMILES string of the molecule is CC(=O)c1cccc(NC(=O)CSc2nnc(-c3ccco3)n2C)c1. The molecule has 25 heavy (non-hydrogen) atoms. The number of Topliss-reactive ketones (excluding diaryl/α,β-unsaturated/α-hetero) is 1. The number of carbonyl (C=O) groups excluding carboxylic acids is 2. The first-order chi connectivity index (χ1) is 12.0. The van der Waals surface area contributed by atoms with Gasteiger partial charge in [0, 0.05) is 18.3 Å². The number of rotatable bonds is 6. The molecule has 3 rings (SSSR count). The van der Waals surface area contributed by atoms with E-state index in [2.05, 4.69) is 15.5 Å². The zero-order valence-corrected chi connectivity index (χ0v) is 14.5. The Hall–Kier alpha value is -2.87. The van der Waals surface area contributed by atoms with E-state index in [1.54, 1.807) is 47.2 Å². The Kier molecular flexibility index (Phi) is 4.99. The minimum absolute atomic E-state index is 0.0463. The van der Waals surface area contributed by atoms with Crippen LogP contribution in [-0.2, 0) is 11.8 Å². The van der Waals surface area contributed by atoms with Crippen LogP contribution in [0.25, 0.3) is 11.6 Å². The van der Waals surface area contributed by atoms with Crippen LogP contribution in [0.1, 0.15) is 17.3 Å². The fourth-order valence-corrected chi connectivity index (χ4v) is 2.92. The van der Waals surface area contributed by atoms with Gasteiger partial charge in [-0.05, 0) is 31.2 Å². The van der Waals surface area contributed by atoms with Crippen molar-refractivity contribution in [3.8, 4) is 11.6 Å². The van der Waals surface area contributed by atoms with Gasteiger partial charge in [0.25, 0.3) is 0 Å². The van der Waals surface area contributed by atoms with E-state index in [1.807, 2.05) is 7.05 Å². The van der Waals surface area contributed by atoms with Gasteiger partial charge in [-0.2, -0.15) is 0 Å². The molecule has 0 aliphatic carbocycles. The van der Waals surface area contributed by atoms with Gasteiger partial charge in [0.1, 0.15) is 0 Å². The van der Waals surface area contributed by atoms with E-state index in [9.17, 15) is 9.59 Å². The number of hydrogen-bond donors (Lipinski definition) is 1. The van der Waals surface area contributed by atoms with Crippen LogP contribution in [0.3, 0.4) is 0 Å². The summed E-state index contributed by atoms with van der Waals surface area (Å²) in [5.74, 6) is 1.16. The number of nitrogens with one attached hydrogen (secondary N) is 1. The van der Waals surface area contributed by atoms with Gasteiger partial charge < -0.3 is 14.3 Å². The van der Waals surface area contributed by atoms with Crippen LogP contribution < -0.4 is 5.32 Å². The Labute approximate surface area is 148 Å². The Morgan fingerprint density at radius 3 is 2.80 bits per heavy atom. The lowest BCUT2D eigenvalue weighted by Crippen LogP contribution is -2.14. The summed E-state index contributed by atoms with van der Waals surface area (Å²) in [6.45, 7) is 1.49.